The third-order valence-corrected chi connectivity index (χ3v) is 3.98. The van der Waals surface area contributed by atoms with Crippen molar-refractivity contribution in [3.05, 3.63) is 35.9 Å². The molecule has 1 fully saturated rings. The van der Waals surface area contributed by atoms with Crippen molar-refractivity contribution in [2.24, 2.45) is 0 Å². The van der Waals surface area contributed by atoms with Gasteiger partial charge in [-0.3, -0.25) is 0 Å². The van der Waals surface area contributed by atoms with Gasteiger partial charge in [-0.1, -0.05) is 37.3 Å². The van der Waals surface area contributed by atoms with Crippen LogP contribution in [0.2, 0.25) is 0 Å². The number of benzene rings is 1. The summed E-state index contributed by atoms with van der Waals surface area (Å²) in [6, 6.07) is 10.8. The molecule has 0 heterocycles. The van der Waals surface area contributed by atoms with Crippen LogP contribution >= 0.6 is 0 Å². The van der Waals surface area contributed by atoms with E-state index in [1.54, 1.807) is 0 Å². The third-order valence-electron chi connectivity index (χ3n) is 3.98. The molecule has 2 rings (SSSR count). The van der Waals surface area contributed by atoms with Gasteiger partial charge in [-0.15, -0.1) is 0 Å². The summed E-state index contributed by atoms with van der Waals surface area (Å²) in [7, 11) is 0. The summed E-state index contributed by atoms with van der Waals surface area (Å²) in [6.45, 7) is 2.27. The second-order valence-electron chi connectivity index (χ2n) is 4.73. The molecule has 82 valence electrons. The molecule has 0 spiro atoms. The van der Waals surface area contributed by atoms with Gasteiger partial charge >= 0.3 is 0 Å². The molecule has 0 saturated heterocycles. The van der Waals surface area contributed by atoms with Gasteiger partial charge in [0.1, 0.15) is 0 Å². The minimum atomic E-state index is -0.0617. The SMILES string of the molecule is CCC1(c2ccccc2)CCC(O)CC1. The highest BCUT2D eigenvalue weighted by Crippen LogP contribution is 2.41. The molecule has 0 radical (unpaired) electrons. The van der Waals surface area contributed by atoms with E-state index in [-0.39, 0.29) is 6.10 Å². The summed E-state index contributed by atoms with van der Waals surface area (Å²) in [5, 5.41) is 9.58. The largest absolute Gasteiger partial charge is 0.393 e. The van der Waals surface area contributed by atoms with Crippen LogP contribution in [-0.2, 0) is 5.41 Å². The lowest BCUT2D eigenvalue weighted by molar-refractivity contribution is 0.0936. The quantitative estimate of drug-likeness (QED) is 0.784. The summed E-state index contributed by atoms with van der Waals surface area (Å²) >= 11 is 0. The van der Waals surface area contributed by atoms with E-state index in [0.717, 1.165) is 25.7 Å². The molecule has 0 bridgehead atoms. The van der Waals surface area contributed by atoms with Crippen LogP contribution in [0.3, 0.4) is 0 Å². The summed E-state index contributed by atoms with van der Waals surface area (Å²) in [4.78, 5) is 0. The first-order chi connectivity index (χ1) is 7.27. The first kappa shape index (κ1) is 10.7. The maximum absolute atomic E-state index is 9.58. The normalized spacial score (nSPS) is 31.5. The van der Waals surface area contributed by atoms with Gasteiger partial charge < -0.3 is 5.11 Å². The van der Waals surface area contributed by atoms with E-state index in [1.807, 2.05) is 0 Å². The van der Waals surface area contributed by atoms with E-state index >= 15 is 0 Å². The van der Waals surface area contributed by atoms with Gasteiger partial charge in [-0.25, -0.2) is 0 Å². The Morgan fingerprint density at radius 2 is 1.80 bits per heavy atom. The van der Waals surface area contributed by atoms with Crippen molar-refractivity contribution >= 4 is 0 Å². The summed E-state index contributed by atoms with van der Waals surface area (Å²) in [6.07, 6.45) is 5.31. The first-order valence-corrected chi connectivity index (χ1v) is 6.00. The Kier molecular flexibility index (Phi) is 3.11. The van der Waals surface area contributed by atoms with Gasteiger partial charge in [0.25, 0.3) is 0 Å². The van der Waals surface area contributed by atoms with Crippen LogP contribution in [0.25, 0.3) is 0 Å². The second kappa shape index (κ2) is 4.36. The average molecular weight is 204 g/mol. The molecule has 1 aliphatic rings. The van der Waals surface area contributed by atoms with Crippen molar-refractivity contribution in [2.75, 3.05) is 0 Å². The number of hydrogen-bond donors (Lipinski definition) is 1. The Hall–Kier alpha value is -0.820. The van der Waals surface area contributed by atoms with Crippen LogP contribution in [0.4, 0.5) is 0 Å². The molecule has 1 aliphatic carbocycles. The molecule has 0 aromatic heterocycles. The maximum atomic E-state index is 9.58. The van der Waals surface area contributed by atoms with Crippen molar-refractivity contribution < 1.29 is 5.11 Å². The van der Waals surface area contributed by atoms with Gasteiger partial charge in [0.15, 0.2) is 0 Å². The highest BCUT2D eigenvalue weighted by atomic mass is 16.3. The Balaban J connectivity index is 2.23. The zero-order valence-corrected chi connectivity index (χ0v) is 9.45. The summed E-state index contributed by atoms with van der Waals surface area (Å²) in [5.74, 6) is 0. The predicted molar refractivity (Wildman–Crippen MR) is 62.9 cm³/mol. The lowest BCUT2D eigenvalue weighted by Gasteiger charge is -2.39. The molecule has 1 saturated carbocycles. The number of rotatable bonds is 2. The molecule has 1 N–H and O–H groups in total. The Labute approximate surface area is 92.1 Å². The van der Waals surface area contributed by atoms with E-state index in [1.165, 1.54) is 12.0 Å². The minimum Gasteiger partial charge on any atom is -0.393 e. The number of aliphatic hydroxyl groups excluding tert-OH is 1. The van der Waals surface area contributed by atoms with Gasteiger partial charge in [-0.05, 0) is 43.1 Å². The Morgan fingerprint density at radius 3 is 2.33 bits per heavy atom. The molecule has 1 aromatic carbocycles. The van der Waals surface area contributed by atoms with Crippen LogP contribution in [0.15, 0.2) is 30.3 Å². The van der Waals surface area contributed by atoms with Crippen molar-refractivity contribution in [1.29, 1.82) is 0 Å². The molecular weight excluding hydrogens is 184 g/mol. The van der Waals surface area contributed by atoms with Crippen LogP contribution in [0.5, 0.6) is 0 Å². The molecule has 0 amide bonds. The minimum absolute atomic E-state index is 0.0617. The van der Waals surface area contributed by atoms with Crippen molar-refractivity contribution in [3.63, 3.8) is 0 Å². The van der Waals surface area contributed by atoms with Crippen LogP contribution in [0, 0.1) is 0 Å². The van der Waals surface area contributed by atoms with Gasteiger partial charge in [-0.2, -0.15) is 0 Å². The van der Waals surface area contributed by atoms with Crippen molar-refractivity contribution in [3.8, 4) is 0 Å². The molecule has 1 nitrogen and oxygen atoms in total. The molecule has 0 aliphatic heterocycles. The smallest absolute Gasteiger partial charge is 0.0540 e. The van der Waals surface area contributed by atoms with Crippen molar-refractivity contribution in [1.82, 2.24) is 0 Å². The number of aliphatic hydroxyl groups is 1. The number of hydrogen-bond acceptors (Lipinski definition) is 1. The average Bonchev–Trinajstić information content (AvgIpc) is 2.32. The van der Waals surface area contributed by atoms with E-state index in [9.17, 15) is 5.11 Å². The van der Waals surface area contributed by atoms with E-state index in [4.69, 9.17) is 0 Å². The summed E-state index contributed by atoms with van der Waals surface area (Å²) < 4.78 is 0. The van der Waals surface area contributed by atoms with E-state index in [0.29, 0.717) is 5.41 Å². The highest BCUT2D eigenvalue weighted by molar-refractivity contribution is 5.25. The standard InChI is InChI=1S/C14H20O/c1-2-14(10-8-13(15)9-11-14)12-6-4-3-5-7-12/h3-7,13,15H,2,8-11H2,1H3. The van der Waals surface area contributed by atoms with E-state index < -0.39 is 0 Å². The Bertz CT molecular complexity index is 296. The maximum Gasteiger partial charge on any atom is 0.0540 e. The van der Waals surface area contributed by atoms with Crippen LogP contribution < -0.4 is 0 Å². The second-order valence-corrected chi connectivity index (χ2v) is 4.73. The molecule has 0 atom stereocenters. The van der Waals surface area contributed by atoms with Gasteiger partial charge in [0, 0.05) is 0 Å². The fraction of sp³-hybridized carbons (Fsp3) is 0.571. The monoisotopic (exact) mass is 204 g/mol. The molecule has 1 aromatic rings. The fourth-order valence-corrected chi connectivity index (χ4v) is 2.79. The molecule has 15 heavy (non-hydrogen) atoms. The predicted octanol–water partition coefficient (Wildman–Crippen LogP) is 3.27. The lowest BCUT2D eigenvalue weighted by Crippen LogP contribution is -2.32. The molecular formula is C14H20O. The first-order valence-electron chi connectivity index (χ1n) is 6.00. The Morgan fingerprint density at radius 1 is 1.20 bits per heavy atom. The van der Waals surface area contributed by atoms with E-state index in [2.05, 4.69) is 37.3 Å². The van der Waals surface area contributed by atoms with Crippen molar-refractivity contribution in [2.45, 2.75) is 50.5 Å². The summed E-state index contributed by atoms with van der Waals surface area (Å²) in [5.41, 5.74) is 1.79. The van der Waals surface area contributed by atoms with Gasteiger partial charge in [0.05, 0.1) is 6.10 Å². The third kappa shape index (κ3) is 2.07. The van der Waals surface area contributed by atoms with Crippen LogP contribution in [-0.4, -0.2) is 11.2 Å². The highest BCUT2D eigenvalue weighted by Gasteiger charge is 2.34. The zero-order chi connectivity index (χ0) is 10.7. The van der Waals surface area contributed by atoms with Crippen LogP contribution in [0.1, 0.15) is 44.6 Å². The molecule has 0 unspecified atom stereocenters. The van der Waals surface area contributed by atoms with Gasteiger partial charge in [0.2, 0.25) is 0 Å². The topological polar surface area (TPSA) is 20.2 Å². The lowest BCUT2D eigenvalue weighted by atomic mass is 9.67. The zero-order valence-electron chi connectivity index (χ0n) is 9.45. The fourth-order valence-electron chi connectivity index (χ4n) is 2.79. The molecule has 1 heteroatoms.